The maximum atomic E-state index is 12.2. The highest BCUT2D eigenvalue weighted by Crippen LogP contribution is 2.27. The van der Waals surface area contributed by atoms with Crippen molar-refractivity contribution in [1.29, 1.82) is 0 Å². The van der Waals surface area contributed by atoms with Crippen molar-refractivity contribution in [2.75, 3.05) is 26.1 Å². The molecule has 3 rings (SSSR count). The van der Waals surface area contributed by atoms with Crippen LogP contribution in [0.5, 0.6) is 17.2 Å². The molecule has 0 atom stereocenters. The van der Waals surface area contributed by atoms with Crippen LogP contribution in [-0.4, -0.2) is 44.8 Å². The fourth-order valence-corrected chi connectivity index (χ4v) is 3.08. The molecule has 10 heteroatoms. The number of nitrogens with zero attached hydrogens (tertiary/aromatic N) is 1. The third-order valence-corrected chi connectivity index (χ3v) is 5.08. The number of methoxy groups -OCH3 is 2. The molecule has 0 aliphatic rings. The van der Waals surface area contributed by atoms with Gasteiger partial charge in [-0.2, -0.15) is 5.10 Å². The summed E-state index contributed by atoms with van der Waals surface area (Å²) in [6, 6.07) is 19.4. The molecule has 0 radical (unpaired) electrons. The van der Waals surface area contributed by atoms with Gasteiger partial charge >= 0.3 is 11.8 Å². The summed E-state index contributed by atoms with van der Waals surface area (Å²) in [5.41, 5.74) is 5.35. The standard InChI is InChI=1S/C27H28N4O6/c1-18-4-6-19(7-5-18)15-28-26(33)27(34)31-29-16-20-8-13-23(24(14-20)36-3)37-17-25(32)30-21-9-11-22(35-2)12-10-21/h4-14,16H,15,17H2,1-3H3,(H,28,33)(H,30,32)(H,31,34)/b29-16-. The average molecular weight is 505 g/mol. The highest BCUT2D eigenvalue weighted by Gasteiger charge is 2.12. The van der Waals surface area contributed by atoms with E-state index in [9.17, 15) is 14.4 Å². The first-order chi connectivity index (χ1) is 17.9. The molecule has 10 nitrogen and oxygen atoms in total. The van der Waals surface area contributed by atoms with Crippen molar-refractivity contribution in [2.24, 2.45) is 5.10 Å². The molecule has 3 aromatic carbocycles. The summed E-state index contributed by atoms with van der Waals surface area (Å²) in [6.45, 7) is 1.96. The van der Waals surface area contributed by atoms with Gasteiger partial charge in [-0.3, -0.25) is 14.4 Å². The van der Waals surface area contributed by atoms with E-state index in [1.54, 1.807) is 49.6 Å². The summed E-state index contributed by atoms with van der Waals surface area (Å²) in [5.74, 6) is -0.637. The fourth-order valence-electron chi connectivity index (χ4n) is 3.08. The Hall–Kier alpha value is -4.86. The minimum Gasteiger partial charge on any atom is -0.497 e. The number of anilines is 1. The smallest absolute Gasteiger partial charge is 0.329 e. The van der Waals surface area contributed by atoms with Crippen LogP contribution < -0.4 is 30.3 Å². The Morgan fingerprint density at radius 3 is 2.27 bits per heavy atom. The van der Waals surface area contributed by atoms with E-state index in [0.29, 0.717) is 28.5 Å². The van der Waals surface area contributed by atoms with Gasteiger partial charge in [-0.05, 0) is 60.5 Å². The number of rotatable bonds is 10. The van der Waals surface area contributed by atoms with Gasteiger partial charge in [0.05, 0.1) is 20.4 Å². The number of carbonyl (C=O) groups excluding carboxylic acids is 3. The van der Waals surface area contributed by atoms with Gasteiger partial charge in [-0.25, -0.2) is 5.43 Å². The molecule has 3 amide bonds. The first-order valence-electron chi connectivity index (χ1n) is 11.3. The average Bonchev–Trinajstić information content (AvgIpc) is 2.92. The van der Waals surface area contributed by atoms with E-state index < -0.39 is 11.8 Å². The van der Waals surface area contributed by atoms with Crippen LogP contribution in [-0.2, 0) is 20.9 Å². The quantitative estimate of drug-likeness (QED) is 0.221. The van der Waals surface area contributed by atoms with Crippen LogP contribution >= 0.6 is 0 Å². The number of hydrogen-bond donors (Lipinski definition) is 3. The molecule has 0 spiro atoms. The summed E-state index contributed by atoms with van der Waals surface area (Å²) in [7, 11) is 3.02. The third kappa shape index (κ3) is 8.39. The van der Waals surface area contributed by atoms with Gasteiger partial charge in [0.1, 0.15) is 5.75 Å². The first-order valence-corrected chi connectivity index (χ1v) is 11.3. The Kier molecular flexibility index (Phi) is 9.60. The highest BCUT2D eigenvalue weighted by atomic mass is 16.5. The lowest BCUT2D eigenvalue weighted by molar-refractivity contribution is -0.139. The molecule has 3 aromatic rings. The SMILES string of the molecule is COc1ccc(NC(=O)COc2ccc(/C=N\NC(=O)C(=O)NCc3ccc(C)cc3)cc2OC)cc1. The zero-order valence-electron chi connectivity index (χ0n) is 20.7. The summed E-state index contributed by atoms with van der Waals surface area (Å²) in [4.78, 5) is 36.1. The van der Waals surface area contributed by atoms with Crippen LogP contribution in [0.25, 0.3) is 0 Å². The second-order valence-corrected chi connectivity index (χ2v) is 7.84. The van der Waals surface area contributed by atoms with Crippen LogP contribution in [0, 0.1) is 6.92 Å². The molecule has 3 N–H and O–H groups in total. The molecular formula is C27H28N4O6. The molecule has 0 aliphatic heterocycles. The van der Waals surface area contributed by atoms with Crippen molar-refractivity contribution in [2.45, 2.75) is 13.5 Å². The Morgan fingerprint density at radius 1 is 0.865 bits per heavy atom. The van der Waals surface area contributed by atoms with Gasteiger partial charge in [0.15, 0.2) is 18.1 Å². The van der Waals surface area contributed by atoms with E-state index >= 15 is 0 Å². The fraction of sp³-hybridized carbons (Fsp3) is 0.185. The van der Waals surface area contributed by atoms with E-state index in [4.69, 9.17) is 14.2 Å². The molecule has 0 unspecified atom stereocenters. The Balaban J connectivity index is 1.47. The molecule has 0 fully saturated rings. The molecule has 37 heavy (non-hydrogen) atoms. The molecule has 0 heterocycles. The highest BCUT2D eigenvalue weighted by molar-refractivity contribution is 6.35. The Morgan fingerprint density at radius 2 is 1.59 bits per heavy atom. The summed E-state index contributed by atoms with van der Waals surface area (Å²) in [6.07, 6.45) is 1.35. The van der Waals surface area contributed by atoms with Gasteiger partial charge in [-0.1, -0.05) is 29.8 Å². The predicted octanol–water partition coefficient (Wildman–Crippen LogP) is 2.80. The summed E-state index contributed by atoms with van der Waals surface area (Å²) in [5, 5.41) is 9.08. The molecule has 0 saturated carbocycles. The minimum atomic E-state index is -0.891. The van der Waals surface area contributed by atoms with Gasteiger partial charge < -0.3 is 24.8 Å². The number of benzene rings is 3. The van der Waals surface area contributed by atoms with Crippen molar-refractivity contribution >= 4 is 29.6 Å². The van der Waals surface area contributed by atoms with Gasteiger partial charge in [-0.15, -0.1) is 0 Å². The van der Waals surface area contributed by atoms with Crippen molar-refractivity contribution in [3.63, 3.8) is 0 Å². The number of aryl methyl sites for hydroxylation is 1. The van der Waals surface area contributed by atoms with Crippen LogP contribution in [0.15, 0.2) is 71.8 Å². The van der Waals surface area contributed by atoms with E-state index in [1.807, 2.05) is 31.2 Å². The van der Waals surface area contributed by atoms with Gasteiger partial charge in [0.25, 0.3) is 5.91 Å². The van der Waals surface area contributed by atoms with Crippen LogP contribution in [0.1, 0.15) is 16.7 Å². The van der Waals surface area contributed by atoms with E-state index in [-0.39, 0.29) is 19.1 Å². The maximum absolute atomic E-state index is 12.2. The lowest BCUT2D eigenvalue weighted by Crippen LogP contribution is -2.37. The molecule has 0 aliphatic carbocycles. The maximum Gasteiger partial charge on any atom is 0.329 e. The Bertz CT molecular complexity index is 1260. The molecule has 0 aromatic heterocycles. The van der Waals surface area contributed by atoms with Crippen molar-refractivity contribution < 1.29 is 28.6 Å². The van der Waals surface area contributed by atoms with Crippen molar-refractivity contribution in [1.82, 2.24) is 10.7 Å². The summed E-state index contributed by atoms with van der Waals surface area (Å²) >= 11 is 0. The van der Waals surface area contributed by atoms with Crippen molar-refractivity contribution in [3.8, 4) is 17.2 Å². The minimum absolute atomic E-state index is 0.229. The Labute approximate surface area is 214 Å². The zero-order valence-corrected chi connectivity index (χ0v) is 20.7. The van der Waals surface area contributed by atoms with Crippen LogP contribution in [0.4, 0.5) is 5.69 Å². The van der Waals surface area contributed by atoms with Gasteiger partial charge in [0, 0.05) is 12.2 Å². The second kappa shape index (κ2) is 13.3. The van der Waals surface area contributed by atoms with E-state index in [0.717, 1.165) is 11.1 Å². The lowest BCUT2D eigenvalue weighted by atomic mass is 10.1. The molecule has 0 saturated heterocycles. The molecule has 0 bridgehead atoms. The number of amides is 3. The number of hydrazone groups is 1. The topological polar surface area (TPSA) is 127 Å². The lowest BCUT2D eigenvalue weighted by Gasteiger charge is -2.11. The monoisotopic (exact) mass is 504 g/mol. The number of nitrogens with one attached hydrogen (secondary N) is 3. The normalized spacial score (nSPS) is 10.5. The first kappa shape index (κ1) is 26.7. The summed E-state index contributed by atoms with van der Waals surface area (Å²) < 4.78 is 16.0. The zero-order chi connectivity index (χ0) is 26.6. The largest absolute Gasteiger partial charge is 0.497 e. The van der Waals surface area contributed by atoms with Crippen LogP contribution in [0.2, 0.25) is 0 Å². The number of carbonyl (C=O) groups is 3. The predicted molar refractivity (Wildman–Crippen MR) is 139 cm³/mol. The van der Waals surface area contributed by atoms with Crippen LogP contribution in [0.3, 0.4) is 0 Å². The number of ether oxygens (including phenoxy) is 3. The molecule has 192 valence electrons. The number of hydrogen-bond acceptors (Lipinski definition) is 7. The molecular weight excluding hydrogens is 476 g/mol. The second-order valence-electron chi connectivity index (χ2n) is 7.84. The van der Waals surface area contributed by atoms with Crippen molar-refractivity contribution in [3.05, 3.63) is 83.4 Å². The third-order valence-electron chi connectivity index (χ3n) is 5.08. The van der Waals surface area contributed by atoms with E-state index in [1.165, 1.54) is 13.3 Å². The van der Waals surface area contributed by atoms with E-state index in [2.05, 4.69) is 21.2 Å². The van der Waals surface area contributed by atoms with Gasteiger partial charge in [0.2, 0.25) is 0 Å².